The number of hydrogen-bond acceptors (Lipinski definition) is 3. The number of ether oxygens (including phenoxy) is 1. The molecule has 3 rings (SSSR count). The van der Waals surface area contributed by atoms with Gasteiger partial charge >= 0.3 is 0 Å². The van der Waals surface area contributed by atoms with Crippen LogP contribution in [0.4, 0.5) is 5.69 Å². The zero-order chi connectivity index (χ0) is 15.9. The lowest BCUT2D eigenvalue weighted by Gasteiger charge is -2.34. The Bertz CT molecular complexity index is 814. The summed E-state index contributed by atoms with van der Waals surface area (Å²) in [6.45, 7) is 6.08. The van der Waals surface area contributed by atoms with Gasteiger partial charge in [-0.3, -0.25) is 4.31 Å². The second-order valence-corrected chi connectivity index (χ2v) is 7.54. The maximum atomic E-state index is 13.0. The Labute approximate surface area is 131 Å². The van der Waals surface area contributed by atoms with Crippen LogP contribution in [-0.2, 0) is 10.0 Å². The smallest absolute Gasteiger partial charge is 0.264 e. The van der Waals surface area contributed by atoms with Crippen molar-refractivity contribution in [3.8, 4) is 5.75 Å². The van der Waals surface area contributed by atoms with E-state index in [1.807, 2.05) is 39.0 Å². The highest BCUT2D eigenvalue weighted by Gasteiger charge is 2.32. The number of fused-ring (bicyclic) bond motifs is 1. The van der Waals surface area contributed by atoms with Crippen molar-refractivity contribution in [2.45, 2.75) is 31.8 Å². The van der Waals surface area contributed by atoms with Gasteiger partial charge in [0.1, 0.15) is 11.9 Å². The Morgan fingerprint density at radius 2 is 1.82 bits per heavy atom. The van der Waals surface area contributed by atoms with E-state index in [4.69, 9.17) is 4.74 Å². The molecule has 1 atom stereocenters. The van der Waals surface area contributed by atoms with Gasteiger partial charge in [-0.15, -0.1) is 0 Å². The monoisotopic (exact) mass is 317 g/mol. The number of rotatable bonds is 2. The summed E-state index contributed by atoms with van der Waals surface area (Å²) in [6, 6.07) is 12.5. The zero-order valence-corrected chi connectivity index (χ0v) is 13.7. The summed E-state index contributed by atoms with van der Waals surface area (Å²) in [5.74, 6) is 0.605. The zero-order valence-electron chi connectivity index (χ0n) is 12.9. The molecule has 0 N–H and O–H groups in total. The summed E-state index contributed by atoms with van der Waals surface area (Å²) in [5.41, 5.74) is 2.64. The van der Waals surface area contributed by atoms with Gasteiger partial charge in [-0.2, -0.15) is 0 Å². The van der Waals surface area contributed by atoms with Crippen LogP contribution in [-0.4, -0.2) is 21.1 Å². The lowest BCUT2D eigenvalue weighted by molar-refractivity contribution is 0.219. The molecule has 22 heavy (non-hydrogen) atoms. The fraction of sp³-hybridized carbons (Fsp3) is 0.294. The van der Waals surface area contributed by atoms with E-state index in [0.717, 1.165) is 11.1 Å². The van der Waals surface area contributed by atoms with Crippen molar-refractivity contribution in [2.75, 3.05) is 10.8 Å². The van der Waals surface area contributed by atoms with Crippen LogP contribution < -0.4 is 9.04 Å². The van der Waals surface area contributed by atoms with Crippen molar-refractivity contribution < 1.29 is 13.2 Å². The van der Waals surface area contributed by atoms with Crippen LogP contribution in [0.3, 0.4) is 0 Å². The number of nitrogens with zero attached hydrogens (tertiary/aromatic N) is 1. The Balaban J connectivity index is 2.11. The molecule has 0 spiro atoms. The van der Waals surface area contributed by atoms with Gasteiger partial charge in [-0.1, -0.05) is 18.2 Å². The topological polar surface area (TPSA) is 46.6 Å². The number of hydrogen-bond donors (Lipinski definition) is 0. The second-order valence-electron chi connectivity index (χ2n) is 5.68. The second kappa shape index (κ2) is 5.32. The van der Waals surface area contributed by atoms with E-state index < -0.39 is 10.0 Å². The van der Waals surface area contributed by atoms with Crippen molar-refractivity contribution in [1.29, 1.82) is 0 Å². The van der Waals surface area contributed by atoms with Crippen molar-refractivity contribution in [3.63, 3.8) is 0 Å². The van der Waals surface area contributed by atoms with E-state index in [2.05, 4.69) is 0 Å². The molecule has 0 saturated carbocycles. The highest BCUT2D eigenvalue weighted by molar-refractivity contribution is 7.92. The predicted octanol–water partition coefficient (Wildman–Crippen LogP) is 3.28. The number of benzene rings is 2. The highest BCUT2D eigenvalue weighted by atomic mass is 32.2. The Kier molecular flexibility index (Phi) is 3.60. The molecule has 0 saturated heterocycles. The molecule has 0 amide bonds. The first-order valence-corrected chi connectivity index (χ1v) is 8.69. The molecule has 2 aromatic carbocycles. The third kappa shape index (κ3) is 2.46. The van der Waals surface area contributed by atoms with E-state index in [1.54, 1.807) is 24.3 Å². The molecule has 0 bridgehead atoms. The van der Waals surface area contributed by atoms with E-state index in [-0.39, 0.29) is 6.10 Å². The first-order valence-electron chi connectivity index (χ1n) is 7.25. The van der Waals surface area contributed by atoms with Crippen molar-refractivity contribution in [3.05, 3.63) is 53.6 Å². The molecular formula is C17H19NO3S. The Morgan fingerprint density at radius 3 is 2.55 bits per heavy atom. The molecule has 0 radical (unpaired) electrons. The van der Waals surface area contributed by atoms with Crippen LogP contribution >= 0.6 is 0 Å². The summed E-state index contributed by atoms with van der Waals surface area (Å²) in [4.78, 5) is 0.319. The van der Waals surface area contributed by atoms with Crippen LogP contribution in [0.25, 0.3) is 0 Å². The lowest BCUT2D eigenvalue weighted by atomic mass is 10.1. The maximum Gasteiger partial charge on any atom is 0.264 e. The lowest BCUT2D eigenvalue weighted by Crippen LogP contribution is -2.42. The van der Waals surface area contributed by atoms with Gasteiger partial charge in [0, 0.05) is 0 Å². The van der Waals surface area contributed by atoms with Crippen LogP contribution in [0.2, 0.25) is 0 Å². The maximum absolute atomic E-state index is 13.0. The molecule has 0 aliphatic carbocycles. The van der Waals surface area contributed by atoms with Crippen molar-refractivity contribution >= 4 is 15.7 Å². The quantitative estimate of drug-likeness (QED) is 0.854. The standard InChI is InChI=1S/C17H19NO3S/c1-12-8-9-15(10-13(12)2)22(19,20)18-11-14(3)21-17-7-5-4-6-16(17)18/h4-10,14H,11H2,1-3H3. The van der Waals surface area contributed by atoms with Gasteiger partial charge < -0.3 is 4.74 Å². The highest BCUT2D eigenvalue weighted by Crippen LogP contribution is 2.36. The van der Waals surface area contributed by atoms with Gasteiger partial charge in [0.2, 0.25) is 0 Å². The van der Waals surface area contributed by atoms with Gasteiger partial charge in [0.25, 0.3) is 10.0 Å². The average Bonchev–Trinajstić information content (AvgIpc) is 2.49. The normalized spacial score (nSPS) is 17.8. The Hall–Kier alpha value is -2.01. The summed E-state index contributed by atoms with van der Waals surface area (Å²) < 4.78 is 33.2. The SMILES string of the molecule is Cc1ccc(S(=O)(=O)N2CC(C)Oc3ccccc32)cc1C. The van der Waals surface area contributed by atoms with Crippen LogP contribution in [0, 0.1) is 13.8 Å². The first kappa shape index (κ1) is 14.9. The molecular weight excluding hydrogens is 298 g/mol. The van der Waals surface area contributed by atoms with Gasteiger partial charge in [0.05, 0.1) is 17.1 Å². The molecule has 1 aliphatic rings. The molecule has 2 aromatic rings. The van der Waals surface area contributed by atoms with Crippen molar-refractivity contribution in [2.24, 2.45) is 0 Å². The molecule has 1 aliphatic heterocycles. The van der Waals surface area contributed by atoms with Gasteiger partial charge in [-0.25, -0.2) is 8.42 Å². The van der Waals surface area contributed by atoms with Crippen molar-refractivity contribution in [1.82, 2.24) is 0 Å². The average molecular weight is 317 g/mol. The minimum absolute atomic E-state index is 0.184. The molecule has 116 valence electrons. The molecule has 1 heterocycles. The molecule has 0 fully saturated rings. The summed E-state index contributed by atoms with van der Waals surface area (Å²) in [7, 11) is -3.59. The van der Waals surface area contributed by atoms with Crippen LogP contribution in [0.1, 0.15) is 18.1 Å². The predicted molar refractivity (Wildman–Crippen MR) is 87.0 cm³/mol. The van der Waals surface area contributed by atoms with E-state index in [0.29, 0.717) is 22.9 Å². The number of sulfonamides is 1. The molecule has 1 unspecified atom stereocenters. The summed E-state index contributed by atoms with van der Waals surface area (Å²) in [6.07, 6.45) is -0.184. The largest absolute Gasteiger partial charge is 0.487 e. The number of anilines is 1. The van der Waals surface area contributed by atoms with E-state index >= 15 is 0 Å². The third-order valence-electron chi connectivity index (χ3n) is 3.95. The first-order chi connectivity index (χ1) is 10.4. The molecule has 0 aromatic heterocycles. The molecule has 5 heteroatoms. The van der Waals surface area contributed by atoms with Crippen LogP contribution in [0.15, 0.2) is 47.4 Å². The Morgan fingerprint density at radius 1 is 1.09 bits per heavy atom. The fourth-order valence-corrected chi connectivity index (χ4v) is 4.21. The summed E-state index contributed by atoms with van der Waals surface area (Å²) in [5, 5.41) is 0. The number of para-hydroxylation sites is 2. The number of aryl methyl sites for hydroxylation is 2. The fourth-order valence-electron chi connectivity index (χ4n) is 2.58. The summed E-state index contributed by atoms with van der Waals surface area (Å²) >= 11 is 0. The van der Waals surface area contributed by atoms with Gasteiger partial charge in [0.15, 0.2) is 0 Å². The van der Waals surface area contributed by atoms with Crippen LogP contribution in [0.5, 0.6) is 5.75 Å². The van der Waals surface area contributed by atoms with E-state index in [9.17, 15) is 8.42 Å². The third-order valence-corrected chi connectivity index (χ3v) is 5.73. The van der Waals surface area contributed by atoms with Gasteiger partial charge in [-0.05, 0) is 56.2 Å². The minimum atomic E-state index is -3.59. The minimum Gasteiger partial charge on any atom is -0.487 e. The molecule has 4 nitrogen and oxygen atoms in total. The van der Waals surface area contributed by atoms with E-state index in [1.165, 1.54) is 4.31 Å².